The van der Waals surface area contributed by atoms with Crippen molar-refractivity contribution in [2.75, 3.05) is 6.61 Å². The van der Waals surface area contributed by atoms with Gasteiger partial charge in [-0.25, -0.2) is 0 Å². The number of aliphatic hydroxyl groups excluding tert-OH is 2. The standard InChI is InChI=1S/C8H15BO3/c1-8(2,9)7-3-5(10)6(11)4-12-7/h5-7,10-11H,3-4H2,1-2H3/t5-,6+,7?/m1/s1. The Bertz CT molecular complexity index is 155. The van der Waals surface area contributed by atoms with E-state index in [0.717, 1.165) is 0 Å². The minimum absolute atomic E-state index is 0.170. The van der Waals surface area contributed by atoms with Crippen LogP contribution in [0.3, 0.4) is 0 Å². The molecule has 2 N–H and O–H groups in total. The molecular weight excluding hydrogens is 155 g/mol. The van der Waals surface area contributed by atoms with Gasteiger partial charge in [-0.05, 0) is 5.31 Å². The second-order valence-corrected chi connectivity index (χ2v) is 4.01. The molecule has 12 heavy (non-hydrogen) atoms. The van der Waals surface area contributed by atoms with E-state index in [0.29, 0.717) is 6.42 Å². The van der Waals surface area contributed by atoms with E-state index >= 15 is 0 Å². The van der Waals surface area contributed by atoms with Crippen LogP contribution >= 0.6 is 0 Å². The van der Waals surface area contributed by atoms with E-state index in [2.05, 4.69) is 0 Å². The van der Waals surface area contributed by atoms with E-state index in [-0.39, 0.29) is 12.7 Å². The molecule has 0 bridgehead atoms. The Kier molecular flexibility index (Phi) is 2.81. The SMILES string of the molecule is [B]C(C)(C)C1C[C@@H](O)[C@@H](O)CO1. The van der Waals surface area contributed by atoms with Gasteiger partial charge >= 0.3 is 0 Å². The van der Waals surface area contributed by atoms with Crippen LogP contribution < -0.4 is 0 Å². The van der Waals surface area contributed by atoms with Crippen molar-refractivity contribution in [1.82, 2.24) is 0 Å². The highest BCUT2D eigenvalue weighted by Crippen LogP contribution is 2.33. The van der Waals surface area contributed by atoms with E-state index in [4.69, 9.17) is 17.7 Å². The van der Waals surface area contributed by atoms with Gasteiger partial charge in [0.25, 0.3) is 0 Å². The number of aliphatic hydroxyl groups is 2. The summed E-state index contributed by atoms with van der Waals surface area (Å²) in [7, 11) is 5.80. The summed E-state index contributed by atoms with van der Waals surface area (Å²) in [6, 6.07) is 0. The number of hydrogen-bond donors (Lipinski definition) is 2. The van der Waals surface area contributed by atoms with E-state index in [1.54, 1.807) is 0 Å². The third-order valence-corrected chi connectivity index (χ3v) is 2.20. The summed E-state index contributed by atoms with van der Waals surface area (Å²) in [5.74, 6) is 0. The van der Waals surface area contributed by atoms with Crippen LogP contribution in [0.1, 0.15) is 20.3 Å². The lowest BCUT2D eigenvalue weighted by atomic mass is 9.66. The summed E-state index contributed by atoms with van der Waals surface area (Å²) in [4.78, 5) is 0. The Labute approximate surface area is 74.1 Å². The molecule has 0 aromatic carbocycles. The molecule has 0 aromatic rings. The Balaban J connectivity index is 2.51. The molecule has 0 aromatic heterocycles. The summed E-state index contributed by atoms with van der Waals surface area (Å²) in [5, 5.41) is 18.0. The summed E-state index contributed by atoms with van der Waals surface area (Å²) in [6.07, 6.45) is -1.23. The molecule has 1 saturated heterocycles. The van der Waals surface area contributed by atoms with Crippen LogP contribution in [-0.4, -0.2) is 43.0 Å². The van der Waals surface area contributed by atoms with E-state index in [9.17, 15) is 5.11 Å². The van der Waals surface area contributed by atoms with Crippen LogP contribution in [0.2, 0.25) is 5.31 Å². The fourth-order valence-corrected chi connectivity index (χ4v) is 1.29. The van der Waals surface area contributed by atoms with Gasteiger partial charge in [-0.3, -0.25) is 0 Å². The Hall–Kier alpha value is -0.0551. The fraction of sp³-hybridized carbons (Fsp3) is 1.00. The van der Waals surface area contributed by atoms with Crippen molar-refractivity contribution in [1.29, 1.82) is 0 Å². The third kappa shape index (κ3) is 2.22. The molecule has 1 unspecified atom stereocenters. The van der Waals surface area contributed by atoms with Crippen LogP contribution in [0.15, 0.2) is 0 Å². The second kappa shape index (κ2) is 3.36. The van der Waals surface area contributed by atoms with Crippen LogP contribution in [0.5, 0.6) is 0 Å². The maximum Gasteiger partial charge on any atom is 0.103 e. The van der Waals surface area contributed by atoms with E-state index in [1.165, 1.54) is 0 Å². The number of ether oxygens (including phenoxy) is 1. The molecule has 1 rings (SSSR count). The number of hydrogen-bond acceptors (Lipinski definition) is 3. The van der Waals surface area contributed by atoms with Gasteiger partial charge < -0.3 is 14.9 Å². The van der Waals surface area contributed by atoms with Crippen molar-refractivity contribution in [3.8, 4) is 0 Å². The third-order valence-electron chi connectivity index (χ3n) is 2.20. The van der Waals surface area contributed by atoms with Gasteiger partial charge in [0.05, 0.1) is 26.7 Å². The highest BCUT2D eigenvalue weighted by molar-refractivity contribution is 6.15. The lowest BCUT2D eigenvalue weighted by Crippen LogP contribution is -2.44. The van der Waals surface area contributed by atoms with Crippen LogP contribution in [0.4, 0.5) is 0 Å². The predicted molar refractivity (Wildman–Crippen MR) is 46.2 cm³/mol. The van der Waals surface area contributed by atoms with Crippen molar-refractivity contribution in [3.63, 3.8) is 0 Å². The molecule has 2 radical (unpaired) electrons. The van der Waals surface area contributed by atoms with Gasteiger partial charge in [-0.2, -0.15) is 0 Å². The smallest absolute Gasteiger partial charge is 0.103 e. The molecule has 0 amide bonds. The lowest BCUT2D eigenvalue weighted by Gasteiger charge is -2.38. The minimum Gasteiger partial charge on any atom is -0.390 e. The van der Waals surface area contributed by atoms with Crippen LogP contribution in [-0.2, 0) is 4.74 Å². The first kappa shape index (κ1) is 10.0. The average molecular weight is 170 g/mol. The topological polar surface area (TPSA) is 49.7 Å². The maximum absolute atomic E-state index is 9.33. The maximum atomic E-state index is 9.33. The average Bonchev–Trinajstić information content (AvgIpc) is 1.92. The van der Waals surface area contributed by atoms with Crippen molar-refractivity contribution in [3.05, 3.63) is 0 Å². The summed E-state index contributed by atoms with van der Waals surface area (Å²) >= 11 is 0. The van der Waals surface area contributed by atoms with Gasteiger partial charge in [0.15, 0.2) is 0 Å². The largest absolute Gasteiger partial charge is 0.390 e. The quantitative estimate of drug-likeness (QED) is 0.538. The molecule has 0 spiro atoms. The highest BCUT2D eigenvalue weighted by atomic mass is 16.5. The van der Waals surface area contributed by atoms with Gasteiger partial charge in [0, 0.05) is 6.42 Å². The van der Waals surface area contributed by atoms with E-state index < -0.39 is 17.5 Å². The molecule has 68 valence electrons. The first-order valence-electron chi connectivity index (χ1n) is 4.18. The molecule has 3 atom stereocenters. The van der Waals surface area contributed by atoms with Gasteiger partial charge in [-0.1, -0.05) is 13.8 Å². The summed E-state index contributed by atoms with van der Waals surface area (Å²) < 4.78 is 5.29. The molecule has 4 heteroatoms. The van der Waals surface area contributed by atoms with Gasteiger partial charge in [0.2, 0.25) is 0 Å². The van der Waals surface area contributed by atoms with Crippen LogP contribution in [0, 0.1) is 0 Å². The highest BCUT2D eigenvalue weighted by Gasteiger charge is 2.34. The molecule has 1 aliphatic rings. The Morgan fingerprint density at radius 2 is 1.92 bits per heavy atom. The molecule has 0 aliphatic carbocycles. The van der Waals surface area contributed by atoms with Crippen molar-refractivity contribution in [2.45, 2.75) is 43.9 Å². The summed E-state index contributed by atoms with van der Waals surface area (Å²) in [5.41, 5.74) is 0. The fourth-order valence-electron chi connectivity index (χ4n) is 1.29. The lowest BCUT2D eigenvalue weighted by molar-refractivity contribution is -0.129. The first-order chi connectivity index (χ1) is 5.41. The first-order valence-corrected chi connectivity index (χ1v) is 4.18. The van der Waals surface area contributed by atoms with Crippen LogP contribution in [0.25, 0.3) is 0 Å². The van der Waals surface area contributed by atoms with E-state index in [1.807, 2.05) is 13.8 Å². The summed E-state index contributed by atoms with van der Waals surface area (Å²) in [6.45, 7) is 3.87. The molecule has 1 heterocycles. The normalized spacial score (nSPS) is 38.2. The predicted octanol–water partition coefficient (Wildman–Crippen LogP) is -0.136. The second-order valence-electron chi connectivity index (χ2n) is 4.01. The Morgan fingerprint density at radius 1 is 1.33 bits per heavy atom. The zero-order valence-electron chi connectivity index (χ0n) is 7.53. The zero-order chi connectivity index (χ0) is 9.35. The van der Waals surface area contributed by atoms with Crippen molar-refractivity contribution >= 4 is 7.85 Å². The van der Waals surface area contributed by atoms with Crippen molar-refractivity contribution < 1.29 is 14.9 Å². The molecule has 3 nitrogen and oxygen atoms in total. The van der Waals surface area contributed by atoms with Gasteiger partial charge in [-0.15, -0.1) is 0 Å². The molecule has 1 fully saturated rings. The Morgan fingerprint density at radius 3 is 2.33 bits per heavy atom. The molecule has 0 saturated carbocycles. The monoisotopic (exact) mass is 170 g/mol. The van der Waals surface area contributed by atoms with Crippen molar-refractivity contribution in [2.24, 2.45) is 0 Å². The van der Waals surface area contributed by atoms with Gasteiger partial charge in [0.1, 0.15) is 6.10 Å². The minimum atomic E-state index is -0.761. The molecular formula is C8H15BO3. The zero-order valence-corrected chi connectivity index (χ0v) is 7.53. The molecule has 1 aliphatic heterocycles. The number of rotatable bonds is 1.